The molecule has 1 saturated heterocycles. The Hall–Kier alpha value is -1.07. The molecule has 0 spiro atoms. The second kappa shape index (κ2) is 11.2. The van der Waals surface area contributed by atoms with Gasteiger partial charge in [0.05, 0.1) is 24.7 Å². The summed E-state index contributed by atoms with van der Waals surface area (Å²) in [5, 5.41) is 62.6. The predicted molar refractivity (Wildman–Crippen MR) is 166 cm³/mol. The highest BCUT2D eigenvalue weighted by molar-refractivity contribution is 5.79. The van der Waals surface area contributed by atoms with Crippen molar-refractivity contribution in [2.24, 2.45) is 56.7 Å². The second-order valence-corrected chi connectivity index (χ2v) is 17.1. The molecule has 0 bridgehead atoms. The van der Waals surface area contributed by atoms with Crippen LogP contribution in [0.25, 0.3) is 0 Å². The van der Waals surface area contributed by atoms with Gasteiger partial charge in [-0.3, -0.25) is 4.79 Å². The van der Waals surface area contributed by atoms with E-state index < -0.39 is 60.2 Å². The third-order valence-corrected chi connectivity index (χ3v) is 15.6. The van der Waals surface area contributed by atoms with Crippen molar-refractivity contribution >= 4 is 5.97 Å². The summed E-state index contributed by atoms with van der Waals surface area (Å²) in [7, 11) is 0. The van der Waals surface area contributed by atoms with Crippen molar-refractivity contribution in [2.45, 2.75) is 136 Å². The Morgan fingerprint density at radius 2 is 1.60 bits per heavy atom. The van der Waals surface area contributed by atoms with Crippen molar-refractivity contribution in [2.75, 3.05) is 13.2 Å². The van der Waals surface area contributed by atoms with Crippen LogP contribution >= 0.6 is 0 Å². The van der Waals surface area contributed by atoms with Gasteiger partial charge in [0.2, 0.25) is 6.29 Å². The molecule has 0 amide bonds. The van der Waals surface area contributed by atoms with Gasteiger partial charge in [0.15, 0.2) is 0 Å². The lowest BCUT2D eigenvalue weighted by Crippen LogP contribution is -2.66. The van der Waals surface area contributed by atoms with E-state index in [4.69, 9.17) is 9.47 Å². The first-order chi connectivity index (χ1) is 21.1. The molecule has 0 aromatic heterocycles. The first-order valence-electron chi connectivity index (χ1n) is 17.6. The Labute approximate surface area is 268 Å². The van der Waals surface area contributed by atoms with Crippen LogP contribution in [-0.2, 0) is 14.3 Å². The van der Waals surface area contributed by atoms with Gasteiger partial charge in [0.1, 0.15) is 24.4 Å². The number of carbonyl (C=O) groups excluding carboxylic acids is 1. The zero-order valence-electron chi connectivity index (χ0n) is 28.1. The summed E-state index contributed by atoms with van der Waals surface area (Å²) in [6.07, 6.45) is 2.13. The smallest absolute Gasteiger partial charge is 0.315 e. The molecule has 5 aliphatic carbocycles. The van der Waals surface area contributed by atoms with Gasteiger partial charge in [0.25, 0.3) is 0 Å². The first kappa shape index (κ1) is 33.8. The first-order valence-corrected chi connectivity index (χ1v) is 17.6. The maximum Gasteiger partial charge on any atom is 0.315 e. The fraction of sp³-hybridized carbons (Fsp3) is 0.917. The molecule has 0 aromatic carbocycles. The molecule has 4 saturated carbocycles. The van der Waals surface area contributed by atoms with Gasteiger partial charge in [0, 0.05) is 5.41 Å². The summed E-state index contributed by atoms with van der Waals surface area (Å²) in [6.45, 7) is 13.3. The van der Waals surface area contributed by atoms with Crippen LogP contribution in [0.2, 0.25) is 0 Å². The van der Waals surface area contributed by atoms with Gasteiger partial charge < -0.3 is 40.1 Å². The summed E-state index contributed by atoms with van der Waals surface area (Å²) in [4.78, 5) is 14.4. The fourth-order valence-corrected chi connectivity index (χ4v) is 12.3. The molecule has 0 radical (unpaired) electrons. The third-order valence-electron chi connectivity index (χ3n) is 15.6. The minimum absolute atomic E-state index is 0.00717. The van der Waals surface area contributed by atoms with Crippen LogP contribution in [0, 0.1) is 56.7 Å². The van der Waals surface area contributed by atoms with Crippen LogP contribution in [0.5, 0.6) is 0 Å². The number of rotatable bonds is 4. The number of aliphatic hydroxyl groups is 6. The molecule has 1 aliphatic heterocycles. The molecular weight excluding hydrogens is 576 g/mol. The quantitative estimate of drug-likeness (QED) is 0.202. The molecule has 1 heterocycles. The summed E-state index contributed by atoms with van der Waals surface area (Å²) < 4.78 is 11.6. The van der Waals surface area contributed by atoms with E-state index in [1.54, 1.807) is 0 Å². The van der Waals surface area contributed by atoms with Crippen molar-refractivity contribution in [1.29, 1.82) is 0 Å². The minimum Gasteiger partial charge on any atom is -0.432 e. The Kier molecular flexibility index (Phi) is 8.45. The van der Waals surface area contributed by atoms with Gasteiger partial charge in [-0.25, -0.2) is 0 Å². The normalized spacial score (nSPS) is 56.2. The SMILES string of the molecule is C[C@H]1[C@H](C)CC[C@]2(C(=O)O[C@@H]3O[C@H](CO)[C@@H](O)[C@H](O)[C@H]3O)CC[C@]3(C)C(=CC[C@@H]4[C@@]5(C)CC[C@H](O)[C@@](C)(CO)[C@@H]5CC[C@]43C)[C@H]12. The summed E-state index contributed by atoms with van der Waals surface area (Å²) in [5.74, 6) is 0.788. The molecule has 6 rings (SSSR count). The molecule has 6 aliphatic rings. The number of fused-ring (bicyclic) bond motifs is 7. The zero-order chi connectivity index (χ0) is 32.9. The van der Waals surface area contributed by atoms with Crippen molar-refractivity contribution < 1.29 is 44.9 Å². The van der Waals surface area contributed by atoms with E-state index in [0.29, 0.717) is 31.1 Å². The van der Waals surface area contributed by atoms with Crippen molar-refractivity contribution in [1.82, 2.24) is 0 Å². The lowest BCUT2D eigenvalue weighted by Gasteiger charge is -2.71. The number of aliphatic hydroxyl groups excluding tert-OH is 6. The Balaban J connectivity index is 1.36. The highest BCUT2D eigenvalue weighted by Crippen LogP contribution is 2.75. The number of allylic oxidation sites excluding steroid dienone is 2. The minimum atomic E-state index is -1.63. The van der Waals surface area contributed by atoms with Gasteiger partial charge in [-0.1, -0.05) is 53.2 Å². The molecule has 16 atom stereocenters. The molecule has 0 aromatic rings. The molecule has 9 heteroatoms. The maximum absolute atomic E-state index is 14.4. The van der Waals surface area contributed by atoms with E-state index in [1.807, 2.05) is 0 Å². The van der Waals surface area contributed by atoms with Gasteiger partial charge in [-0.15, -0.1) is 0 Å². The number of hydrogen-bond donors (Lipinski definition) is 6. The fourth-order valence-electron chi connectivity index (χ4n) is 12.3. The number of esters is 1. The Morgan fingerprint density at radius 1 is 0.889 bits per heavy atom. The summed E-state index contributed by atoms with van der Waals surface area (Å²) in [5.41, 5.74) is -0.128. The predicted octanol–water partition coefficient (Wildman–Crippen LogP) is 3.32. The molecule has 45 heavy (non-hydrogen) atoms. The van der Waals surface area contributed by atoms with Crippen LogP contribution in [0.4, 0.5) is 0 Å². The lowest BCUT2D eigenvalue weighted by atomic mass is 9.33. The number of hydrogen-bond acceptors (Lipinski definition) is 9. The van der Waals surface area contributed by atoms with Crippen LogP contribution in [-0.4, -0.2) is 86.6 Å². The largest absolute Gasteiger partial charge is 0.432 e. The van der Waals surface area contributed by atoms with Crippen molar-refractivity contribution in [3.05, 3.63) is 11.6 Å². The maximum atomic E-state index is 14.4. The number of carbonyl (C=O) groups is 1. The van der Waals surface area contributed by atoms with E-state index in [2.05, 4.69) is 47.6 Å². The highest BCUT2D eigenvalue weighted by Gasteiger charge is 2.70. The van der Waals surface area contributed by atoms with E-state index >= 15 is 0 Å². The second-order valence-electron chi connectivity index (χ2n) is 17.1. The third kappa shape index (κ3) is 4.46. The molecule has 9 nitrogen and oxygen atoms in total. The van der Waals surface area contributed by atoms with Crippen LogP contribution in [0.3, 0.4) is 0 Å². The zero-order valence-corrected chi connectivity index (χ0v) is 28.1. The summed E-state index contributed by atoms with van der Waals surface area (Å²) in [6, 6.07) is 0. The molecule has 5 fully saturated rings. The molecule has 0 unspecified atom stereocenters. The molecule has 6 N–H and O–H groups in total. The monoisotopic (exact) mass is 634 g/mol. The highest BCUT2D eigenvalue weighted by atomic mass is 16.7. The van der Waals surface area contributed by atoms with Crippen LogP contribution in [0.15, 0.2) is 11.6 Å². The van der Waals surface area contributed by atoms with E-state index in [0.717, 1.165) is 38.5 Å². The van der Waals surface area contributed by atoms with E-state index in [1.165, 1.54) is 5.57 Å². The van der Waals surface area contributed by atoms with Crippen LogP contribution in [0.1, 0.15) is 99.3 Å². The van der Waals surface area contributed by atoms with Gasteiger partial charge in [-0.05, 0) is 104 Å². The summed E-state index contributed by atoms with van der Waals surface area (Å²) >= 11 is 0. The van der Waals surface area contributed by atoms with E-state index in [9.17, 15) is 35.4 Å². The standard InChI is InChI=1S/C36H58O9/c1-19-9-14-36(31(43)45-30-29(42)28(41)27(40)22(17-37)44-30)16-15-34(5)21(26(36)20(19)2)7-8-24-32(3)12-11-25(39)33(4,18-38)23(32)10-13-35(24,34)6/h7,19-20,22-30,37-42H,8-18H2,1-6H3/t19-,20+,22-,23-,24-,25+,26+,27-,28+,29-,30+,32+,33+,34-,35-,36+/m1/s1. The van der Waals surface area contributed by atoms with Gasteiger partial charge in [-0.2, -0.15) is 0 Å². The molecular formula is C36H58O9. The molecule has 256 valence electrons. The lowest BCUT2D eigenvalue weighted by molar-refractivity contribution is -0.297. The van der Waals surface area contributed by atoms with E-state index in [-0.39, 0.29) is 40.6 Å². The Bertz CT molecular complexity index is 1190. The van der Waals surface area contributed by atoms with Crippen molar-refractivity contribution in [3.8, 4) is 0 Å². The van der Waals surface area contributed by atoms with Crippen LogP contribution < -0.4 is 0 Å². The Morgan fingerprint density at radius 3 is 2.27 bits per heavy atom. The topological polar surface area (TPSA) is 157 Å². The average Bonchev–Trinajstić information content (AvgIpc) is 3.01. The van der Waals surface area contributed by atoms with Gasteiger partial charge >= 0.3 is 5.97 Å². The average molecular weight is 635 g/mol. The van der Waals surface area contributed by atoms with Crippen molar-refractivity contribution in [3.63, 3.8) is 0 Å². The number of ether oxygens (including phenoxy) is 2.